The Labute approximate surface area is 720 Å². The number of carbonyl (C=O) groups excluding carboxylic acids is 8. The first-order valence-corrected chi connectivity index (χ1v) is 38.5. The topological polar surface area (TPSA) is 589 Å². The number of amides is 8. The molecule has 128 heavy (non-hydrogen) atoms. The first-order valence-electron chi connectivity index (χ1n) is 38.5. The average Bonchev–Trinajstić information content (AvgIpc) is 1.60. The number of carbonyl (C=O) groups is 16. The molecule has 2 aliphatic heterocycles. The van der Waals surface area contributed by atoms with Crippen LogP contribution in [0.5, 0.6) is 0 Å². The van der Waals surface area contributed by atoms with Gasteiger partial charge in [-0.05, 0) is 188 Å². The molecule has 642 valence electrons. The van der Waals surface area contributed by atoms with Gasteiger partial charge in [0, 0.05) is 88.8 Å². The molecule has 0 fully saturated rings. The number of H-pyrrole nitrogens is 2. The maximum absolute atomic E-state index is 13.5. The van der Waals surface area contributed by atoms with Gasteiger partial charge >= 0.3 is 47.8 Å². The lowest BCUT2D eigenvalue weighted by Crippen LogP contribution is -2.31. The summed E-state index contributed by atoms with van der Waals surface area (Å²) in [6.45, 7) is -6.24. The predicted molar refractivity (Wildman–Crippen MR) is 462 cm³/mol. The summed E-state index contributed by atoms with van der Waals surface area (Å²) in [5.74, 6) is -17.8. The lowest BCUT2D eigenvalue weighted by molar-refractivity contribution is -0.136. The number of aromatic nitrogens is 4. The number of nitrogens with zero attached hydrogens (tertiary/aromatic N) is 2. The van der Waals surface area contributed by atoms with E-state index in [-0.39, 0.29) is 66.8 Å². The Hall–Kier alpha value is -18.1. The number of aliphatic carboxylic acids is 8. The van der Waals surface area contributed by atoms with Crippen LogP contribution in [0, 0.1) is 0 Å². The molecule has 8 aromatic carbocycles. The number of hydrogen-bond donors (Lipinski definition) is 18. The number of nitrogens with one attached hydrogen (secondary N) is 10. The zero-order valence-corrected chi connectivity index (χ0v) is 66.4. The third-order valence-corrected chi connectivity index (χ3v) is 19.8. The lowest BCUT2D eigenvalue weighted by atomic mass is 9.96. The lowest BCUT2D eigenvalue weighted by Gasteiger charge is -2.12. The maximum atomic E-state index is 13.5. The van der Waals surface area contributed by atoms with Crippen LogP contribution in [0.15, 0.2) is 194 Å². The summed E-state index contributed by atoms with van der Waals surface area (Å²) in [4.78, 5) is 219. The molecule has 0 radical (unpaired) electrons. The van der Waals surface area contributed by atoms with Crippen molar-refractivity contribution in [3.05, 3.63) is 261 Å². The van der Waals surface area contributed by atoms with E-state index >= 15 is 0 Å². The fourth-order valence-corrected chi connectivity index (χ4v) is 14.0. The van der Waals surface area contributed by atoms with Crippen LogP contribution in [0.25, 0.3) is 135 Å². The van der Waals surface area contributed by atoms with Gasteiger partial charge in [-0.15, -0.1) is 0 Å². The van der Waals surface area contributed by atoms with Crippen molar-refractivity contribution in [3.8, 4) is 89.0 Å². The van der Waals surface area contributed by atoms with Gasteiger partial charge < -0.3 is 93.4 Å². The zero-order valence-electron chi connectivity index (χ0n) is 66.4. The second kappa shape index (κ2) is 38.3. The molecule has 0 saturated carbocycles. The largest absolute Gasteiger partial charge is 0.480 e. The van der Waals surface area contributed by atoms with Crippen molar-refractivity contribution in [2.75, 3.05) is 52.4 Å². The van der Waals surface area contributed by atoms with Crippen LogP contribution in [0.2, 0.25) is 0 Å². The van der Waals surface area contributed by atoms with E-state index in [1.165, 1.54) is 72.8 Å². The van der Waals surface area contributed by atoms with Crippen LogP contribution in [0.4, 0.5) is 0 Å². The summed E-state index contributed by atoms with van der Waals surface area (Å²) in [5, 5.41) is 93.8. The number of benzene rings is 8. The molecule has 3 aromatic heterocycles. The molecule has 11 aromatic rings. The summed E-state index contributed by atoms with van der Waals surface area (Å²) >= 11 is 0. The number of aromatic amines is 2. The van der Waals surface area contributed by atoms with E-state index in [4.69, 9.17) is 9.97 Å². The van der Waals surface area contributed by atoms with Crippen LogP contribution in [-0.2, 0) is 38.4 Å². The molecule has 36 heteroatoms. The molecule has 0 saturated heterocycles. The fraction of sp³-hybridized carbons (Fsp3) is 0.0870. The van der Waals surface area contributed by atoms with Gasteiger partial charge in [-0.25, -0.2) is 9.97 Å². The van der Waals surface area contributed by atoms with Gasteiger partial charge in [-0.1, -0.05) is 97.1 Å². The van der Waals surface area contributed by atoms with Crippen molar-refractivity contribution >= 4 is 141 Å². The van der Waals surface area contributed by atoms with Gasteiger partial charge in [-0.2, -0.15) is 0 Å². The monoisotopic (exact) mass is 1730 g/mol. The summed E-state index contributed by atoms with van der Waals surface area (Å²) in [7, 11) is 0. The quantitative estimate of drug-likeness (QED) is 0.0188. The van der Waals surface area contributed by atoms with E-state index < -0.39 is 147 Å². The van der Waals surface area contributed by atoms with Crippen molar-refractivity contribution in [2.24, 2.45) is 0 Å². The van der Waals surface area contributed by atoms with Gasteiger partial charge in [0.05, 0.1) is 22.8 Å². The number of rotatable bonds is 32. The molecule has 0 atom stereocenters. The first kappa shape index (κ1) is 87.7. The fourth-order valence-electron chi connectivity index (χ4n) is 14.0. The van der Waals surface area contributed by atoms with Crippen molar-refractivity contribution in [2.45, 2.75) is 0 Å². The first-order chi connectivity index (χ1) is 61.3. The Morgan fingerprint density at radius 3 is 0.477 bits per heavy atom. The Bertz CT molecular complexity index is 5780. The van der Waals surface area contributed by atoms with Crippen molar-refractivity contribution in [1.29, 1.82) is 0 Å². The highest BCUT2D eigenvalue weighted by Crippen LogP contribution is 2.41. The third-order valence-electron chi connectivity index (χ3n) is 19.8. The molecule has 0 spiro atoms. The average molecular weight is 1730 g/mol. The Morgan fingerprint density at radius 2 is 0.336 bits per heavy atom. The van der Waals surface area contributed by atoms with E-state index in [0.717, 1.165) is 0 Å². The van der Waals surface area contributed by atoms with E-state index in [2.05, 4.69) is 52.5 Å². The highest BCUT2D eigenvalue weighted by atomic mass is 16.4. The summed E-state index contributed by atoms with van der Waals surface area (Å²) in [5.41, 5.74) is 8.53. The van der Waals surface area contributed by atoms with Crippen molar-refractivity contribution in [3.63, 3.8) is 0 Å². The molecule has 8 bridgehead atoms. The zero-order chi connectivity index (χ0) is 91.3. The number of carboxylic acids is 8. The van der Waals surface area contributed by atoms with Crippen LogP contribution < -0.4 is 42.5 Å². The molecule has 0 unspecified atom stereocenters. The van der Waals surface area contributed by atoms with Crippen LogP contribution >= 0.6 is 0 Å². The molecule has 36 nitrogen and oxygen atoms in total. The van der Waals surface area contributed by atoms with Crippen molar-refractivity contribution < 1.29 is 118 Å². The molecule has 18 N–H and O–H groups in total. The van der Waals surface area contributed by atoms with Crippen molar-refractivity contribution in [1.82, 2.24) is 62.5 Å². The minimum atomic E-state index is -1.36. The smallest absolute Gasteiger partial charge is 0.322 e. The maximum Gasteiger partial charge on any atom is 0.322 e. The van der Waals surface area contributed by atoms with E-state index in [1.807, 2.05) is 0 Å². The predicted octanol–water partition coefficient (Wildman–Crippen LogP) is 8.51. The van der Waals surface area contributed by atoms with E-state index in [1.54, 1.807) is 146 Å². The standard InChI is InChI=1S/C92H70N12O24/c105-73(106)37-93-85(121)57-25-53(26-58(33-57)86(122)94-38-74(107)108)45-1-9-49(10-2-45)81-65-17-19-67(101-65)82(50-11-3-46(4-12-50)54-27-59(87(123)95-39-75(109)110)34-60(28-54)88(124)96-40-76(111)112)69-21-23-71(103-69)84(52-15-7-48(8-16-52)56-31-63(91(127)99-43-79(117)118)36-64(32-56)92(128)100-44-80(119)120)72-24-22-70(104-72)83(68-20-18-66(81)102-68)51-13-5-47(6-14-51)55-29-61(89(125)97-41-77(113)114)35-62(30-55)90(126)98-42-78(115)116/h1-36,101,104H,37-44H2,(H,93,121)(H,94,122)(H,95,123)(H,96,124)(H,97,125)(H,98,126)(H,99,127)(H,100,128)(H,105,106)(H,107,108)(H,109,110)(H,111,112)(H,113,114)(H,115,116)(H,117,118)(H,119,120). The van der Waals surface area contributed by atoms with E-state index in [0.29, 0.717) is 112 Å². The SMILES string of the molecule is O=C(O)CNC(=O)c1cc(C(=O)NCC(=O)O)cc(-c2ccc(-c3c4nc(c(-c5ccc(-c6cc(C(=O)NCC(=O)O)cc(C(=O)NCC(=O)O)c6)cc5)c5ccc([nH]5)c(-c5ccc(-c6cc(C(=O)NCC(=O)O)cc(C(=O)NCC(=O)O)c6)cc5)c5nc(c(-c6ccc(-c7cc(C(=O)NCC(=O)O)cc(C(=O)NCC(=O)O)c7)cc6)c6ccc3[nH]6)C=C5)C=C4)cc2)c1. The van der Waals surface area contributed by atoms with Crippen LogP contribution in [0.1, 0.15) is 106 Å². The normalized spacial score (nSPS) is 11.1. The second-order valence-corrected chi connectivity index (χ2v) is 28.6. The molecular formula is C92H70N12O24. The summed E-state index contributed by atoms with van der Waals surface area (Å²) in [6, 6.07) is 50.5. The minimum absolute atomic E-state index is 0.144. The summed E-state index contributed by atoms with van der Waals surface area (Å²) < 4.78 is 0. The molecule has 0 aliphatic carbocycles. The number of hydrogen-bond acceptors (Lipinski definition) is 18. The minimum Gasteiger partial charge on any atom is -0.480 e. The molecule has 8 amide bonds. The summed E-state index contributed by atoms with van der Waals surface area (Å²) in [6.07, 6.45) is 7.04. The van der Waals surface area contributed by atoms with Gasteiger partial charge in [0.1, 0.15) is 52.4 Å². The third kappa shape index (κ3) is 21.1. The van der Waals surface area contributed by atoms with Gasteiger partial charge in [-0.3, -0.25) is 76.7 Å². The van der Waals surface area contributed by atoms with Gasteiger partial charge in [0.25, 0.3) is 47.3 Å². The highest BCUT2D eigenvalue weighted by Gasteiger charge is 2.26. The van der Waals surface area contributed by atoms with Crippen LogP contribution in [-0.4, -0.2) is 208 Å². The number of fused-ring (bicyclic) bond motifs is 8. The molecule has 5 heterocycles. The highest BCUT2D eigenvalue weighted by molar-refractivity contribution is 6.09. The second-order valence-electron chi connectivity index (χ2n) is 28.6. The van der Waals surface area contributed by atoms with Gasteiger partial charge in [0.2, 0.25) is 0 Å². The van der Waals surface area contributed by atoms with Crippen LogP contribution in [0.3, 0.4) is 0 Å². The Morgan fingerprint density at radius 1 is 0.195 bits per heavy atom. The molecular weight excluding hydrogens is 1660 g/mol. The Kier molecular flexibility index (Phi) is 26.2. The number of carboxylic acid groups (broad SMARTS) is 8. The van der Waals surface area contributed by atoms with E-state index in [9.17, 15) is 118 Å². The molecule has 13 rings (SSSR count). The molecule has 2 aliphatic rings. The Balaban J connectivity index is 1.06. The van der Waals surface area contributed by atoms with Gasteiger partial charge in [0.15, 0.2) is 0 Å².